The first kappa shape index (κ1) is 20.4. The highest BCUT2D eigenvalue weighted by molar-refractivity contribution is 7.99. The smallest absolute Gasteiger partial charge is 0.253 e. The van der Waals surface area contributed by atoms with Crippen molar-refractivity contribution < 1.29 is 9.59 Å². The third kappa shape index (κ3) is 5.35. The van der Waals surface area contributed by atoms with Gasteiger partial charge >= 0.3 is 0 Å². The number of hydrogen-bond donors (Lipinski definition) is 1. The number of piperidine rings is 1. The van der Waals surface area contributed by atoms with Crippen LogP contribution in [0.2, 0.25) is 0 Å². The second-order valence-corrected chi connectivity index (χ2v) is 9.14. The number of likely N-dealkylation sites (tertiary alicyclic amines) is 1. The molecule has 1 saturated heterocycles. The molecule has 0 bridgehead atoms. The van der Waals surface area contributed by atoms with Crippen molar-refractivity contribution in [1.29, 1.82) is 0 Å². The first-order chi connectivity index (χ1) is 13.4. The van der Waals surface area contributed by atoms with Gasteiger partial charge in [-0.05, 0) is 55.7 Å². The monoisotopic (exact) mass is 397 g/mol. The number of anilines is 1. The van der Waals surface area contributed by atoms with Crippen LogP contribution in [-0.4, -0.2) is 40.0 Å². The van der Waals surface area contributed by atoms with Gasteiger partial charge < -0.3 is 10.2 Å². The molecular weight excluding hydrogens is 370 g/mol. The van der Waals surface area contributed by atoms with Crippen molar-refractivity contribution in [2.75, 3.05) is 18.4 Å². The number of carbonyl (C=O) groups is 2. The summed E-state index contributed by atoms with van der Waals surface area (Å²) in [6, 6.07) is 11.5. The van der Waals surface area contributed by atoms with E-state index < -0.39 is 0 Å². The number of thioether (sulfide) groups is 1. The number of carbonyl (C=O) groups excluding carboxylic acids is 2. The lowest BCUT2D eigenvalue weighted by Gasteiger charge is -2.32. The topological polar surface area (TPSA) is 62.3 Å². The maximum absolute atomic E-state index is 12.9. The Morgan fingerprint density at radius 3 is 2.57 bits per heavy atom. The third-order valence-corrected chi connectivity index (χ3v) is 5.73. The van der Waals surface area contributed by atoms with Gasteiger partial charge in [-0.2, -0.15) is 0 Å². The van der Waals surface area contributed by atoms with Gasteiger partial charge in [0.05, 0.1) is 5.92 Å². The molecule has 28 heavy (non-hydrogen) atoms. The first-order valence-corrected chi connectivity index (χ1v) is 10.6. The van der Waals surface area contributed by atoms with Gasteiger partial charge in [-0.1, -0.05) is 19.9 Å². The molecule has 1 aromatic carbocycles. The van der Waals surface area contributed by atoms with Crippen LogP contribution in [-0.2, 0) is 4.79 Å². The molecule has 1 aromatic heterocycles. The molecule has 0 saturated carbocycles. The SMILES string of the molecule is Cc1ccc(NC(=O)[C@H]2CCCN(C(=O)c3ccc(SC(C)C)cc3)C2)nc1. The largest absolute Gasteiger partial charge is 0.338 e. The number of aryl methyl sites for hydroxylation is 1. The molecule has 6 heteroatoms. The lowest BCUT2D eigenvalue weighted by Crippen LogP contribution is -2.43. The van der Waals surface area contributed by atoms with E-state index in [9.17, 15) is 9.59 Å². The van der Waals surface area contributed by atoms with Crippen molar-refractivity contribution in [3.8, 4) is 0 Å². The molecule has 1 N–H and O–H groups in total. The Kier molecular flexibility index (Phi) is 6.73. The Balaban J connectivity index is 1.61. The van der Waals surface area contributed by atoms with E-state index >= 15 is 0 Å². The highest BCUT2D eigenvalue weighted by Gasteiger charge is 2.29. The zero-order chi connectivity index (χ0) is 20.1. The molecule has 1 fully saturated rings. The number of nitrogens with zero attached hydrogens (tertiary/aromatic N) is 2. The quantitative estimate of drug-likeness (QED) is 0.761. The fourth-order valence-electron chi connectivity index (χ4n) is 3.28. The van der Waals surface area contributed by atoms with E-state index in [1.165, 1.54) is 0 Å². The third-order valence-electron chi connectivity index (χ3n) is 4.72. The van der Waals surface area contributed by atoms with Gasteiger partial charge in [0.1, 0.15) is 5.82 Å². The highest BCUT2D eigenvalue weighted by Crippen LogP contribution is 2.24. The predicted molar refractivity (Wildman–Crippen MR) is 114 cm³/mol. The zero-order valence-corrected chi connectivity index (χ0v) is 17.5. The van der Waals surface area contributed by atoms with E-state index in [1.807, 2.05) is 37.3 Å². The predicted octanol–water partition coefficient (Wildman–Crippen LogP) is 4.38. The van der Waals surface area contributed by atoms with Crippen LogP contribution in [0.15, 0.2) is 47.5 Å². The number of nitrogens with one attached hydrogen (secondary N) is 1. The molecule has 0 unspecified atom stereocenters. The van der Waals surface area contributed by atoms with Crippen molar-refractivity contribution in [2.24, 2.45) is 5.92 Å². The maximum atomic E-state index is 12.9. The van der Waals surface area contributed by atoms with E-state index in [0.29, 0.717) is 29.7 Å². The standard InChI is InChI=1S/C22H27N3O2S/c1-15(2)28-19-9-7-17(8-10-19)22(27)25-12-4-5-18(14-25)21(26)24-20-11-6-16(3)13-23-20/h6-11,13,15,18H,4-5,12,14H2,1-3H3,(H,23,24,26)/t18-/m0/s1. The van der Waals surface area contributed by atoms with Gasteiger partial charge in [0.25, 0.3) is 5.91 Å². The van der Waals surface area contributed by atoms with E-state index in [2.05, 4.69) is 24.1 Å². The van der Waals surface area contributed by atoms with Crippen molar-refractivity contribution in [2.45, 2.75) is 43.8 Å². The lowest BCUT2D eigenvalue weighted by molar-refractivity contribution is -0.121. The number of benzene rings is 1. The molecule has 148 valence electrons. The zero-order valence-electron chi connectivity index (χ0n) is 16.6. The molecule has 3 rings (SSSR count). The van der Waals surface area contributed by atoms with Gasteiger partial charge in [-0.3, -0.25) is 9.59 Å². The number of hydrogen-bond acceptors (Lipinski definition) is 4. The van der Waals surface area contributed by atoms with Gasteiger partial charge in [0, 0.05) is 35.0 Å². The number of amides is 2. The van der Waals surface area contributed by atoms with Crippen LogP contribution in [0.3, 0.4) is 0 Å². The summed E-state index contributed by atoms with van der Waals surface area (Å²) in [4.78, 5) is 32.7. The summed E-state index contributed by atoms with van der Waals surface area (Å²) in [7, 11) is 0. The number of rotatable bonds is 5. The van der Waals surface area contributed by atoms with Gasteiger partial charge in [-0.15, -0.1) is 11.8 Å². The molecule has 0 spiro atoms. The van der Waals surface area contributed by atoms with Crippen LogP contribution in [0, 0.1) is 12.8 Å². The number of aromatic nitrogens is 1. The highest BCUT2D eigenvalue weighted by atomic mass is 32.2. The first-order valence-electron chi connectivity index (χ1n) is 9.72. The summed E-state index contributed by atoms with van der Waals surface area (Å²) in [6.07, 6.45) is 3.34. The summed E-state index contributed by atoms with van der Waals surface area (Å²) in [5.41, 5.74) is 1.72. The van der Waals surface area contributed by atoms with Crippen molar-refractivity contribution in [3.63, 3.8) is 0 Å². The van der Waals surface area contributed by atoms with Gasteiger partial charge in [0.15, 0.2) is 0 Å². The molecule has 0 radical (unpaired) electrons. The number of pyridine rings is 1. The molecule has 2 amide bonds. The van der Waals surface area contributed by atoms with E-state index in [4.69, 9.17) is 0 Å². The fourth-order valence-corrected chi connectivity index (χ4v) is 4.11. The van der Waals surface area contributed by atoms with Crippen LogP contribution >= 0.6 is 11.8 Å². The average Bonchev–Trinajstić information content (AvgIpc) is 2.69. The van der Waals surface area contributed by atoms with Gasteiger partial charge in [-0.25, -0.2) is 4.98 Å². The Labute approximate surface area is 170 Å². The molecule has 1 atom stereocenters. The molecule has 5 nitrogen and oxygen atoms in total. The summed E-state index contributed by atoms with van der Waals surface area (Å²) in [6.45, 7) is 7.38. The minimum absolute atomic E-state index is 0.00735. The second kappa shape index (κ2) is 9.24. The Morgan fingerprint density at radius 2 is 1.93 bits per heavy atom. The minimum atomic E-state index is -0.212. The Bertz CT molecular complexity index is 819. The fraction of sp³-hybridized carbons (Fsp3) is 0.409. The average molecular weight is 398 g/mol. The minimum Gasteiger partial charge on any atom is -0.338 e. The summed E-state index contributed by atoms with van der Waals surface area (Å²) in [5.74, 6) is 0.262. The van der Waals surface area contributed by atoms with Crippen LogP contribution in [0.4, 0.5) is 5.82 Å². The van der Waals surface area contributed by atoms with Gasteiger partial charge in [0.2, 0.25) is 5.91 Å². The lowest BCUT2D eigenvalue weighted by atomic mass is 9.96. The van der Waals surface area contributed by atoms with E-state index in [1.54, 1.807) is 28.9 Å². The van der Waals surface area contributed by atoms with Crippen LogP contribution in [0.1, 0.15) is 42.6 Å². The summed E-state index contributed by atoms with van der Waals surface area (Å²) < 4.78 is 0. The van der Waals surface area contributed by atoms with Crippen LogP contribution < -0.4 is 5.32 Å². The molecule has 1 aliphatic rings. The van der Waals surface area contributed by atoms with Crippen molar-refractivity contribution >= 4 is 29.4 Å². The molecule has 2 heterocycles. The Hall–Kier alpha value is -2.34. The normalized spacial score (nSPS) is 16.9. The van der Waals surface area contributed by atoms with Crippen LogP contribution in [0.25, 0.3) is 0 Å². The molecule has 0 aliphatic carbocycles. The Morgan fingerprint density at radius 1 is 1.18 bits per heavy atom. The summed E-state index contributed by atoms with van der Waals surface area (Å²) in [5, 5.41) is 3.38. The molecule has 2 aromatic rings. The van der Waals surface area contributed by atoms with E-state index in [0.717, 1.165) is 23.3 Å². The molecular formula is C22H27N3O2S. The summed E-state index contributed by atoms with van der Waals surface area (Å²) >= 11 is 1.78. The van der Waals surface area contributed by atoms with Crippen molar-refractivity contribution in [1.82, 2.24) is 9.88 Å². The van der Waals surface area contributed by atoms with E-state index in [-0.39, 0.29) is 17.7 Å². The van der Waals surface area contributed by atoms with Crippen molar-refractivity contribution in [3.05, 3.63) is 53.7 Å². The second-order valence-electron chi connectivity index (χ2n) is 7.49. The molecule has 1 aliphatic heterocycles. The maximum Gasteiger partial charge on any atom is 0.253 e. The van der Waals surface area contributed by atoms with Crippen LogP contribution in [0.5, 0.6) is 0 Å².